The zero-order valence-corrected chi connectivity index (χ0v) is 14.6. The average molecular weight is 366 g/mol. The largest absolute Gasteiger partial charge is 0.453 e. The molecule has 6 heteroatoms. The molecule has 1 atom stereocenters. The van der Waals surface area contributed by atoms with E-state index >= 15 is 0 Å². The van der Waals surface area contributed by atoms with E-state index in [4.69, 9.17) is 23.2 Å². The number of hydrogen-bond donors (Lipinski definition) is 1. The second-order valence-electron chi connectivity index (χ2n) is 5.22. The summed E-state index contributed by atoms with van der Waals surface area (Å²) >= 11 is 12.1. The van der Waals surface area contributed by atoms with Crippen molar-refractivity contribution in [2.24, 2.45) is 0 Å². The number of carbonyl (C=O) groups excluding carboxylic acids is 2. The van der Waals surface area contributed by atoms with Crippen LogP contribution < -0.4 is 5.32 Å². The lowest BCUT2D eigenvalue weighted by atomic mass is 9.87. The van der Waals surface area contributed by atoms with Crippen molar-refractivity contribution in [3.05, 3.63) is 69.7 Å². The van der Waals surface area contributed by atoms with Crippen LogP contribution in [0.2, 0.25) is 10.0 Å². The molecule has 1 unspecified atom stereocenters. The SMILES string of the molecule is COC(=O)NC(=O)CCC(c1ccccc1)c1ccc(Cl)c(Cl)c1. The molecule has 0 aliphatic heterocycles. The highest BCUT2D eigenvalue weighted by Gasteiger charge is 2.18. The van der Waals surface area contributed by atoms with Crippen LogP contribution in [0.15, 0.2) is 48.5 Å². The molecule has 0 fully saturated rings. The third-order valence-electron chi connectivity index (χ3n) is 3.63. The lowest BCUT2D eigenvalue weighted by Gasteiger charge is -2.18. The van der Waals surface area contributed by atoms with Gasteiger partial charge in [-0.25, -0.2) is 4.79 Å². The van der Waals surface area contributed by atoms with Gasteiger partial charge in [0.1, 0.15) is 0 Å². The third kappa shape index (κ3) is 4.98. The van der Waals surface area contributed by atoms with Crippen molar-refractivity contribution in [3.63, 3.8) is 0 Å². The van der Waals surface area contributed by atoms with Crippen LogP contribution in [0.3, 0.4) is 0 Å². The number of rotatable bonds is 5. The standard InChI is InChI=1S/C18H17Cl2NO3/c1-24-18(23)21-17(22)10-8-14(12-5-3-2-4-6-12)13-7-9-15(19)16(20)11-13/h2-7,9,11,14H,8,10H2,1H3,(H,21,22,23). The van der Waals surface area contributed by atoms with Crippen LogP contribution in [0.5, 0.6) is 0 Å². The molecule has 0 aliphatic carbocycles. The molecule has 0 radical (unpaired) electrons. The van der Waals surface area contributed by atoms with Gasteiger partial charge in [-0.1, -0.05) is 59.6 Å². The van der Waals surface area contributed by atoms with Gasteiger partial charge in [0, 0.05) is 12.3 Å². The molecule has 2 aromatic carbocycles. The summed E-state index contributed by atoms with van der Waals surface area (Å²) in [5.74, 6) is -0.424. The van der Waals surface area contributed by atoms with Crippen molar-refractivity contribution in [2.75, 3.05) is 7.11 Å². The zero-order valence-electron chi connectivity index (χ0n) is 13.1. The van der Waals surface area contributed by atoms with E-state index in [0.29, 0.717) is 16.5 Å². The number of imide groups is 1. The summed E-state index contributed by atoms with van der Waals surface area (Å²) in [6.45, 7) is 0. The van der Waals surface area contributed by atoms with Crippen molar-refractivity contribution < 1.29 is 14.3 Å². The first-order valence-corrected chi connectivity index (χ1v) is 8.14. The Bertz CT molecular complexity index is 719. The van der Waals surface area contributed by atoms with Crippen LogP contribution >= 0.6 is 23.2 Å². The first-order chi connectivity index (χ1) is 11.5. The minimum Gasteiger partial charge on any atom is -0.453 e. The van der Waals surface area contributed by atoms with Crippen molar-refractivity contribution >= 4 is 35.2 Å². The number of benzene rings is 2. The maximum absolute atomic E-state index is 11.8. The molecule has 2 aromatic rings. The number of methoxy groups -OCH3 is 1. The molecule has 2 amide bonds. The van der Waals surface area contributed by atoms with Crippen LogP contribution in [-0.4, -0.2) is 19.1 Å². The van der Waals surface area contributed by atoms with E-state index in [-0.39, 0.29) is 18.2 Å². The van der Waals surface area contributed by atoms with Crippen LogP contribution in [0, 0.1) is 0 Å². The molecule has 4 nitrogen and oxygen atoms in total. The number of hydrogen-bond acceptors (Lipinski definition) is 3. The number of nitrogens with one attached hydrogen (secondary N) is 1. The number of halogens is 2. The topological polar surface area (TPSA) is 55.4 Å². The van der Waals surface area contributed by atoms with Gasteiger partial charge in [-0.15, -0.1) is 0 Å². The van der Waals surface area contributed by atoms with Gasteiger partial charge in [0.25, 0.3) is 0 Å². The van der Waals surface area contributed by atoms with Crippen molar-refractivity contribution in [1.82, 2.24) is 5.32 Å². The van der Waals surface area contributed by atoms with Gasteiger partial charge >= 0.3 is 6.09 Å². The average Bonchev–Trinajstić information content (AvgIpc) is 2.59. The molecule has 1 N–H and O–H groups in total. The zero-order chi connectivity index (χ0) is 17.5. The predicted molar refractivity (Wildman–Crippen MR) is 94.5 cm³/mol. The molecular formula is C18H17Cl2NO3. The molecule has 0 saturated carbocycles. The van der Waals surface area contributed by atoms with Gasteiger partial charge < -0.3 is 4.74 Å². The van der Waals surface area contributed by atoms with Gasteiger partial charge in [0.15, 0.2) is 0 Å². The normalized spacial score (nSPS) is 11.6. The second-order valence-corrected chi connectivity index (χ2v) is 6.03. The number of carbonyl (C=O) groups is 2. The Morgan fingerprint density at radius 2 is 1.75 bits per heavy atom. The third-order valence-corrected chi connectivity index (χ3v) is 4.37. The summed E-state index contributed by atoms with van der Waals surface area (Å²) in [6, 6.07) is 15.2. The molecule has 0 aromatic heterocycles. The molecule has 0 bridgehead atoms. The lowest BCUT2D eigenvalue weighted by Crippen LogP contribution is -2.30. The second kappa shape index (κ2) is 8.71. The maximum atomic E-state index is 11.8. The Kier molecular flexibility index (Phi) is 6.64. The highest BCUT2D eigenvalue weighted by atomic mass is 35.5. The van der Waals surface area contributed by atoms with Crippen LogP contribution in [0.25, 0.3) is 0 Å². The number of amides is 2. The smallest absolute Gasteiger partial charge is 0.413 e. The Balaban J connectivity index is 2.19. The Hall–Kier alpha value is -2.04. The molecular weight excluding hydrogens is 349 g/mol. The Labute approximate surface area is 150 Å². The van der Waals surface area contributed by atoms with Crippen molar-refractivity contribution in [1.29, 1.82) is 0 Å². The summed E-state index contributed by atoms with van der Waals surface area (Å²) in [6.07, 6.45) is -0.0644. The molecule has 24 heavy (non-hydrogen) atoms. The van der Waals surface area contributed by atoms with Gasteiger partial charge in [0.05, 0.1) is 17.2 Å². The van der Waals surface area contributed by atoms with Crippen molar-refractivity contribution in [2.45, 2.75) is 18.8 Å². The van der Waals surface area contributed by atoms with E-state index in [0.717, 1.165) is 11.1 Å². The minimum atomic E-state index is -0.759. The van der Waals surface area contributed by atoms with E-state index in [1.54, 1.807) is 12.1 Å². The summed E-state index contributed by atoms with van der Waals surface area (Å²) < 4.78 is 4.42. The summed E-state index contributed by atoms with van der Waals surface area (Å²) in [5, 5.41) is 3.11. The molecule has 0 saturated heterocycles. The fraction of sp³-hybridized carbons (Fsp3) is 0.222. The lowest BCUT2D eigenvalue weighted by molar-refractivity contribution is -0.120. The molecule has 0 spiro atoms. The van der Waals surface area contributed by atoms with E-state index < -0.39 is 6.09 Å². The van der Waals surface area contributed by atoms with Crippen molar-refractivity contribution in [3.8, 4) is 0 Å². The summed E-state index contributed by atoms with van der Waals surface area (Å²) in [5.41, 5.74) is 2.02. The van der Waals surface area contributed by atoms with Crippen LogP contribution in [0.1, 0.15) is 29.9 Å². The van der Waals surface area contributed by atoms with E-state index in [2.05, 4.69) is 10.1 Å². The monoisotopic (exact) mass is 365 g/mol. The molecule has 126 valence electrons. The Morgan fingerprint density at radius 3 is 2.38 bits per heavy atom. The number of alkyl carbamates (subject to hydrolysis) is 1. The summed E-state index contributed by atoms with van der Waals surface area (Å²) in [7, 11) is 1.21. The minimum absolute atomic E-state index is 0.0376. The highest BCUT2D eigenvalue weighted by Crippen LogP contribution is 2.33. The molecule has 0 heterocycles. The van der Waals surface area contributed by atoms with Gasteiger partial charge in [-0.3, -0.25) is 10.1 Å². The fourth-order valence-electron chi connectivity index (χ4n) is 2.44. The predicted octanol–water partition coefficient (Wildman–Crippen LogP) is 4.79. The number of ether oxygens (including phenoxy) is 1. The first-order valence-electron chi connectivity index (χ1n) is 7.39. The Morgan fingerprint density at radius 1 is 1.04 bits per heavy atom. The van der Waals surface area contributed by atoms with Gasteiger partial charge in [-0.05, 0) is 29.7 Å². The van der Waals surface area contributed by atoms with E-state index in [1.165, 1.54) is 7.11 Å². The molecule has 2 rings (SSSR count). The highest BCUT2D eigenvalue weighted by molar-refractivity contribution is 6.42. The van der Waals surface area contributed by atoms with E-state index in [9.17, 15) is 9.59 Å². The first kappa shape index (κ1) is 18.3. The fourth-order valence-corrected chi connectivity index (χ4v) is 2.75. The van der Waals surface area contributed by atoms with E-state index in [1.807, 2.05) is 36.4 Å². The maximum Gasteiger partial charge on any atom is 0.413 e. The quantitative estimate of drug-likeness (QED) is 0.828. The molecule has 0 aliphatic rings. The van der Waals surface area contributed by atoms with Crippen LogP contribution in [0.4, 0.5) is 4.79 Å². The van der Waals surface area contributed by atoms with Crippen LogP contribution in [-0.2, 0) is 9.53 Å². The van der Waals surface area contributed by atoms with Gasteiger partial charge in [0.2, 0.25) is 5.91 Å². The summed E-state index contributed by atoms with van der Waals surface area (Å²) in [4.78, 5) is 22.9. The van der Waals surface area contributed by atoms with Gasteiger partial charge in [-0.2, -0.15) is 0 Å².